The van der Waals surface area contributed by atoms with Crippen LogP contribution in [0.15, 0.2) is 12.3 Å². The SMILES string of the molecule is NNc1nccc(CN2CCN3CCCCC3C2)n1. The number of fused-ring (bicyclic) bond motifs is 1. The first-order valence-electron chi connectivity index (χ1n) is 7.10. The number of nitrogens with two attached hydrogens (primary N) is 1. The van der Waals surface area contributed by atoms with E-state index in [1.54, 1.807) is 6.20 Å². The summed E-state index contributed by atoms with van der Waals surface area (Å²) in [5, 5.41) is 0. The molecule has 0 aromatic carbocycles. The van der Waals surface area contributed by atoms with Gasteiger partial charge in [0.2, 0.25) is 5.95 Å². The van der Waals surface area contributed by atoms with Crippen LogP contribution in [0.2, 0.25) is 0 Å². The van der Waals surface area contributed by atoms with Crippen molar-refractivity contribution in [1.82, 2.24) is 19.8 Å². The summed E-state index contributed by atoms with van der Waals surface area (Å²) in [6, 6.07) is 2.71. The van der Waals surface area contributed by atoms with Crippen LogP contribution in [-0.4, -0.2) is 52.0 Å². The van der Waals surface area contributed by atoms with Crippen molar-refractivity contribution in [2.24, 2.45) is 5.84 Å². The van der Waals surface area contributed by atoms with Crippen LogP contribution in [0.4, 0.5) is 5.95 Å². The zero-order valence-electron chi connectivity index (χ0n) is 11.3. The molecule has 3 N–H and O–H groups in total. The van der Waals surface area contributed by atoms with Gasteiger partial charge in [0.15, 0.2) is 0 Å². The molecule has 2 aliphatic rings. The number of nitrogens with one attached hydrogen (secondary N) is 1. The molecular formula is C13H22N6. The highest BCUT2D eigenvalue weighted by atomic mass is 15.3. The monoisotopic (exact) mass is 262 g/mol. The second-order valence-corrected chi connectivity index (χ2v) is 5.44. The van der Waals surface area contributed by atoms with E-state index >= 15 is 0 Å². The number of hydrogen-bond donors (Lipinski definition) is 2. The Hall–Kier alpha value is -1.24. The minimum absolute atomic E-state index is 0.494. The highest BCUT2D eigenvalue weighted by molar-refractivity contribution is 5.22. The molecule has 1 aromatic heterocycles. The number of anilines is 1. The molecule has 3 heterocycles. The summed E-state index contributed by atoms with van der Waals surface area (Å²) in [5.74, 6) is 5.84. The van der Waals surface area contributed by atoms with Gasteiger partial charge in [-0.3, -0.25) is 15.2 Å². The van der Waals surface area contributed by atoms with Crippen LogP contribution in [0.3, 0.4) is 0 Å². The van der Waals surface area contributed by atoms with Crippen molar-refractivity contribution >= 4 is 5.95 Å². The maximum Gasteiger partial charge on any atom is 0.237 e. The lowest BCUT2D eigenvalue weighted by atomic mass is 9.99. The quantitative estimate of drug-likeness (QED) is 0.608. The van der Waals surface area contributed by atoms with Crippen LogP contribution in [0.25, 0.3) is 0 Å². The minimum Gasteiger partial charge on any atom is -0.298 e. The fourth-order valence-corrected chi connectivity index (χ4v) is 3.15. The number of nitrogens with zero attached hydrogens (tertiary/aromatic N) is 4. The largest absolute Gasteiger partial charge is 0.298 e. The molecule has 1 unspecified atom stereocenters. The van der Waals surface area contributed by atoms with Crippen molar-refractivity contribution in [3.05, 3.63) is 18.0 Å². The van der Waals surface area contributed by atoms with Gasteiger partial charge in [-0.15, -0.1) is 0 Å². The van der Waals surface area contributed by atoms with Crippen molar-refractivity contribution in [1.29, 1.82) is 0 Å². The van der Waals surface area contributed by atoms with E-state index in [0.29, 0.717) is 5.95 Å². The smallest absolute Gasteiger partial charge is 0.237 e. The number of aromatic nitrogens is 2. The number of nitrogen functional groups attached to an aromatic ring is 1. The normalized spacial score (nSPS) is 25.0. The van der Waals surface area contributed by atoms with Crippen molar-refractivity contribution < 1.29 is 0 Å². The van der Waals surface area contributed by atoms with Crippen LogP contribution >= 0.6 is 0 Å². The third-order valence-corrected chi connectivity index (χ3v) is 4.15. The summed E-state index contributed by atoms with van der Waals surface area (Å²) in [6.45, 7) is 5.66. The first-order chi connectivity index (χ1) is 9.35. The van der Waals surface area contributed by atoms with E-state index in [1.165, 1.54) is 32.4 Å². The Kier molecular flexibility index (Phi) is 3.91. The summed E-state index contributed by atoms with van der Waals surface area (Å²) in [4.78, 5) is 13.6. The van der Waals surface area contributed by atoms with E-state index in [-0.39, 0.29) is 0 Å². The van der Waals surface area contributed by atoms with Gasteiger partial charge in [0.25, 0.3) is 0 Å². The number of hydrogen-bond acceptors (Lipinski definition) is 6. The van der Waals surface area contributed by atoms with Crippen molar-refractivity contribution in [3.8, 4) is 0 Å². The van der Waals surface area contributed by atoms with Gasteiger partial charge in [0, 0.05) is 38.4 Å². The summed E-state index contributed by atoms with van der Waals surface area (Å²) >= 11 is 0. The Labute approximate surface area is 114 Å². The number of piperazine rings is 1. The summed E-state index contributed by atoms with van der Waals surface area (Å²) in [7, 11) is 0. The third kappa shape index (κ3) is 3.02. The Bertz CT molecular complexity index is 423. The molecule has 6 nitrogen and oxygen atoms in total. The number of piperidine rings is 1. The zero-order valence-corrected chi connectivity index (χ0v) is 11.3. The third-order valence-electron chi connectivity index (χ3n) is 4.15. The van der Waals surface area contributed by atoms with Gasteiger partial charge in [-0.05, 0) is 25.5 Å². The Morgan fingerprint density at radius 3 is 3.16 bits per heavy atom. The van der Waals surface area contributed by atoms with Gasteiger partial charge in [0.05, 0.1) is 5.69 Å². The van der Waals surface area contributed by atoms with E-state index in [2.05, 4.69) is 25.2 Å². The van der Waals surface area contributed by atoms with Crippen molar-refractivity contribution in [2.75, 3.05) is 31.6 Å². The van der Waals surface area contributed by atoms with Crippen molar-refractivity contribution in [2.45, 2.75) is 31.8 Å². The number of rotatable bonds is 3. The van der Waals surface area contributed by atoms with Gasteiger partial charge in [-0.2, -0.15) is 0 Å². The highest BCUT2D eigenvalue weighted by Gasteiger charge is 2.28. The standard InChI is InChI=1S/C13H22N6/c14-17-13-15-5-4-11(16-13)9-18-7-8-19-6-2-1-3-12(19)10-18/h4-5,12H,1-3,6-10,14H2,(H,15,16,17). The maximum atomic E-state index is 5.34. The van der Waals surface area contributed by atoms with E-state index in [4.69, 9.17) is 5.84 Å². The summed E-state index contributed by atoms with van der Waals surface area (Å²) in [6.07, 6.45) is 5.85. The van der Waals surface area contributed by atoms with Gasteiger partial charge >= 0.3 is 0 Å². The predicted molar refractivity (Wildman–Crippen MR) is 74.3 cm³/mol. The number of hydrazine groups is 1. The molecule has 0 bridgehead atoms. The molecule has 2 saturated heterocycles. The molecule has 0 radical (unpaired) electrons. The first-order valence-corrected chi connectivity index (χ1v) is 7.10. The fraction of sp³-hybridized carbons (Fsp3) is 0.692. The second kappa shape index (κ2) is 5.81. The predicted octanol–water partition coefficient (Wildman–Crippen LogP) is 0.432. The van der Waals surface area contributed by atoms with Crippen molar-refractivity contribution in [3.63, 3.8) is 0 Å². The molecule has 6 heteroatoms. The fourth-order valence-electron chi connectivity index (χ4n) is 3.15. The lowest BCUT2D eigenvalue weighted by Gasteiger charge is -2.44. The molecule has 2 aliphatic heterocycles. The van der Waals surface area contributed by atoms with Gasteiger partial charge in [0.1, 0.15) is 0 Å². The summed E-state index contributed by atoms with van der Waals surface area (Å²) in [5.41, 5.74) is 3.54. The molecule has 2 fully saturated rings. The lowest BCUT2D eigenvalue weighted by molar-refractivity contribution is 0.0451. The second-order valence-electron chi connectivity index (χ2n) is 5.44. The average Bonchev–Trinajstić information content (AvgIpc) is 2.47. The summed E-state index contributed by atoms with van der Waals surface area (Å²) < 4.78 is 0. The lowest BCUT2D eigenvalue weighted by Crippen LogP contribution is -2.54. The maximum absolute atomic E-state index is 5.34. The molecular weight excluding hydrogens is 240 g/mol. The molecule has 1 aromatic rings. The first kappa shape index (κ1) is 12.8. The van der Waals surface area contributed by atoms with Crippen LogP contribution in [-0.2, 0) is 6.54 Å². The molecule has 104 valence electrons. The van der Waals surface area contributed by atoms with Crippen LogP contribution in [0.5, 0.6) is 0 Å². The Balaban J connectivity index is 1.60. The van der Waals surface area contributed by atoms with Crippen LogP contribution in [0.1, 0.15) is 25.0 Å². The average molecular weight is 262 g/mol. The van der Waals surface area contributed by atoms with Gasteiger partial charge in [-0.1, -0.05) is 6.42 Å². The van der Waals surface area contributed by atoms with E-state index in [0.717, 1.165) is 31.4 Å². The van der Waals surface area contributed by atoms with Gasteiger partial charge in [-0.25, -0.2) is 15.8 Å². The molecule has 19 heavy (non-hydrogen) atoms. The molecule has 3 rings (SSSR count). The van der Waals surface area contributed by atoms with E-state index in [1.807, 2.05) is 6.07 Å². The van der Waals surface area contributed by atoms with Gasteiger partial charge < -0.3 is 0 Å². The molecule has 0 spiro atoms. The Morgan fingerprint density at radius 1 is 1.32 bits per heavy atom. The van der Waals surface area contributed by atoms with Crippen LogP contribution in [0, 0.1) is 0 Å². The molecule has 1 atom stereocenters. The topological polar surface area (TPSA) is 70.3 Å². The Morgan fingerprint density at radius 2 is 2.26 bits per heavy atom. The zero-order chi connectivity index (χ0) is 13.1. The minimum atomic E-state index is 0.494. The van der Waals surface area contributed by atoms with E-state index in [9.17, 15) is 0 Å². The molecule has 0 amide bonds. The van der Waals surface area contributed by atoms with E-state index < -0.39 is 0 Å². The van der Waals surface area contributed by atoms with Crippen LogP contribution < -0.4 is 11.3 Å². The molecule has 0 saturated carbocycles. The highest BCUT2D eigenvalue weighted by Crippen LogP contribution is 2.21. The molecule has 0 aliphatic carbocycles.